The summed E-state index contributed by atoms with van der Waals surface area (Å²) in [4.78, 5) is 43.9. The molecule has 0 radical (unpaired) electrons. The number of amides is 3. The van der Waals surface area contributed by atoms with Crippen molar-refractivity contribution < 1.29 is 40.7 Å². The van der Waals surface area contributed by atoms with Gasteiger partial charge in [0.1, 0.15) is 0 Å². The van der Waals surface area contributed by atoms with Gasteiger partial charge >= 0.3 is 12.4 Å². The number of carbonyl (C=O) groups excluding carboxylic acids is 3. The van der Waals surface area contributed by atoms with Crippen molar-refractivity contribution in [1.29, 1.82) is 0 Å². The lowest BCUT2D eigenvalue weighted by atomic mass is 9.69. The molecule has 3 atom stereocenters. The molecule has 14 heteroatoms. The number of aliphatic imine (C=N–C) groups is 1. The van der Waals surface area contributed by atoms with Crippen molar-refractivity contribution in [3.63, 3.8) is 0 Å². The Morgan fingerprint density at radius 3 is 2.23 bits per heavy atom. The summed E-state index contributed by atoms with van der Waals surface area (Å²) in [6, 6.07) is 13.4. The Morgan fingerprint density at radius 2 is 1.65 bits per heavy atom. The first kappa shape index (κ1) is 32.3. The summed E-state index contributed by atoms with van der Waals surface area (Å²) in [6.07, 6.45) is -14.1. The summed E-state index contributed by atoms with van der Waals surface area (Å²) in [6.45, 7) is 0. The number of hydrogen-bond acceptors (Lipinski definition) is 4. The van der Waals surface area contributed by atoms with Gasteiger partial charge < -0.3 is 16.4 Å². The summed E-state index contributed by atoms with van der Waals surface area (Å²) in [7, 11) is 0. The van der Waals surface area contributed by atoms with E-state index in [1.165, 1.54) is 6.07 Å². The van der Waals surface area contributed by atoms with Crippen LogP contribution in [0.2, 0.25) is 5.02 Å². The van der Waals surface area contributed by atoms with Crippen LogP contribution in [0.4, 0.5) is 32.0 Å². The smallest absolute Gasteiger partial charge is 0.369 e. The Bertz CT molecular complexity index is 1370. The molecule has 2 aromatic carbocycles. The molecule has 4 rings (SSSR count). The van der Waals surface area contributed by atoms with Gasteiger partial charge in [0.2, 0.25) is 18.0 Å². The van der Waals surface area contributed by atoms with E-state index in [1.54, 1.807) is 42.5 Å². The van der Waals surface area contributed by atoms with Gasteiger partial charge in [-0.05, 0) is 44.1 Å². The number of primary amides is 1. The van der Waals surface area contributed by atoms with Crippen molar-refractivity contribution in [2.24, 2.45) is 34.4 Å². The Balaban J connectivity index is 1.67. The molecule has 0 spiro atoms. The van der Waals surface area contributed by atoms with Gasteiger partial charge in [0.15, 0.2) is 0 Å². The molecule has 0 saturated heterocycles. The number of anilines is 1. The summed E-state index contributed by atoms with van der Waals surface area (Å²) < 4.78 is 79.6. The predicted octanol–water partition coefficient (Wildman–Crippen LogP) is 6.00. The minimum Gasteiger partial charge on any atom is -0.369 e. The second-order valence-corrected chi connectivity index (χ2v) is 11.2. The Hall–Kier alpha value is -3.61. The average Bonchev–Trinajstić information content (AvgIpc) is 3.07. The number of hydrogen-bond donors (Lipinski definition) is 3. The number of rotatable bonds is 8. The van der Waals surface area contributed by atoms with Crippen LogP contribution in [0.15, 0.2) is 53.5 Å². The van der Waals surface area contributed by atoms with Crippen molar-refractivity contribution in [2.75, 3.05) is 5.32 Å². The molecule has 1 saturated carbocycles. The normalized spacial score (nSPS) is 22.3. The second-order valence-electron chi connectivity index (χ2n) is 10.7. The van der Waals surface area contributed by atoms with E-state index in [1.807, 2.05) is 0 Å². The van der Waals surface area contributed by atoms with Crippen LogP contribution in [0.3, 0.4) is 0 Å². The van der Waals surface area contributed by atoms with E-state index in [4.69, 9.17) is 17.3 Å². The molecule has 2 aliphatic rings. The molecular weight excluding hydrogens is 602 g/mol. The standard InChI is InChI=1S/C29H29ClF6N4O3/c30-20-8-4-7-19-22(16-5-2-1-3-6-16)38-25(27(43)39-23(19)20)40-26(42)18(13-14-28(31,32)33)21(24(37)41)15-9-11-17(12-10-15)29(34,35)36/h1-8,15,17-18,21,25H,9-14H2,(H2,37,41)(H,39,43)(H,40,42)/t15?,17?,18-,21+,25-/m1/s1. The third-order valence-electron chi connectivity index (χ3n) is 7.93. The van der Waals surface area contributed by atoms with Gasteiger partial charge in [-0.1, -0.05) is 54.1 Å². The van der Waals surface area contributed by atoms with Gasteiger partial charge in [-0.2, -0.15) is 26.3 Å². The molecule has 0 aromatic heterocycles. The molecule has 0 bridgehead atoms. The number of nitrogens with one attached hydrogen (secondary N) is 2. The lowest BCUT2D eigenvalue weighted by Crippen LogP contribution is -2.50. The third-order valence-corrected chi connectivity index (χ3v) is 8.24. The number of para-hydroxylation sites is 1. The fourth-order valence-electron chi connectivity index (χ4n) is 5.82. The van der Waals surface area contributed by atoms with Gasteiger partial charge in [-0.15, -0.1) is 0 Å². The zero-order valence-corrected chi connectivity index (χ0v) is 23.4. The molecule has 43 heavy (non-hydrogen) atoms. The highest BCUT2D eigenvalue weighted by atomic mass is 35.5. The van der Waals surface area contributed by atoms with Crippen LogP contribution in [0.1, 0.15) is 49.7 Å². The highest BCUT2D eigenvalue weighted by molar-refractivity contribution is 6.36. The molecule has 7 nitrogen and oxygen atoms in total. The summed E-state index contributed by atoms with van der Waals surface area (Å²) in [5, 5.41) is 5.14. The van der Waals surface area contributed by atoms with Crippen LogP contribution in [0.5, 0.6) is 0 Å². The Kier molecular flexibility index (Phi) is 9.73. The van der Waals surface area contributed by atoms with E-state index >= 15 is 0 Å². The van der Waals surface area contributed by atoms with Crippen LogP contribution in [-0.2, 0) is 14.4 Å². The van der Waals surface area contributed by atoms with E-state index in [0.29, 0.717) is 11.1 Å². The molecule has 3 amide bonds. The van der Waals surface area contributed by atoms with Crippen LogP contribution in [-0.4, -0.2) is 42.0 Å². The Morgan fingerprint density at radius 1 is 1.00 bits per heavy atom. The zero-order chi connectivity index (χ0) is 31.5. The molecule has 232 valence electrons. The first-order valence-electron chi connectivity index (χ1n) is 13.6. The van der Waals surface area contributed by atoms with E-state index in [-0.39, 0.29) is 42.1 Å². The molecule has 1 aliphatic heterocycles. The third kappa shape index (κ3) is 7.87. The lowest BCUT2D eigenvalue weighted by Gasteiger charge is -2.36. The largest absolute Gasteiger partial charge is 0.391 e. The maximum absolute atomic E-state index is 13.6. The summed E-state index contributed by atoms with van der Waals surface area (Å²) in [5.41, 5.74) is 7.01. The van der Waals surface area contributed by atoms with Gasteiger partial charge in [0, 0.05) is 17.5 Å². The number of halogens is 7. The molecule has 4 N–H and O–H groups in total. The second kappa shape index (κ2) is 12.9. The van der Waals surface area contributed by atoms with Crippen molar-refractivity contribution >= 4 is 40.7 Å². The van der Waals surface area contributed by atoms with E-state index < -0.39 is 72.8 Å². The lowest BCUT2D eigenvalue weighted by molar-refractivity contribution is -0.185. The number of carbonyl (C=O) groups is 3. The number of benzodiazepines with no additional fused rings is 1. The number of benzene rings is 2. The van der Waals surface area contributed by atoms with Crippen LogP contribution < -0.4 is 16.4 Å². The zero-order valence-electron chi connectivity index (χ0n) is 22.6. The summed E-state index contributed by atoms with van der Waals surface area (Å²) >= 11 is 6.34. The molecule has 1 fully saturated rings. The van der Waals surface area contributed by atoms with E-state index in [2.05, 4.69) is 15.6 Å². The number of nitrogens with zero attached hydrogens (tertiary/aromatic N) is 1. The first-order chi connectivity index (χ1) is 20.2. The minimum atomic E-state index is -4.70. The number of nitrogens with two attached hydrogens (primary N) is 1. The minimum absolute atomic E-state index is 0.151. The van der Waals surface area contributed by atoms with Gasteiger partial charge in [-0.25, -0.2) is 4.99 Å². The van der Waals surface area contributed by atoms with E-state index in [0.717, 1.165) is 0 Å². The van der Waals surface area contributed by atoms with Crippen molar-refractivity contribution in [1.82, 2.24) is 5.32 Å². The maximum atomic E-state index is 13.6. The van der Waals surface area contributed by atoms with Crippen molar-refractivity contribution in [3.8, 4) is 0 Å². The fourth-order valence-corrected chi connectivity index (χ4v) is 6.04. The molecular formula is C29H29ClF6N4O3. The van der Waals surface area contributed by atoms with E-state index in [9.17, 15) is 40.7 Å². The van der Waals surface area contributed by atoms with Gasteiger partial charge in [-0.3, -0.25) is 14.4 Å². The summed E-state index contributed by atoms with van der Waals surface area (Å²) in [5.74, 6) is -8.68. The van der Waals surface area contributed by atoms with Gasteiger partial charge in [0.05, 0.1) is 34.2 Å². The topological polar surface area (TPSA) is 114 Å². The molecule has 1 heterocycles. The molecule has 1 aliphatic carbocycles. The predicted molar refractivity (Wildman–Crippen MR) is 147 cm³/mol. The average molecular weight is 631 g/mol. The number of fused-ring (bicyclic) bond motifs is 1. The fraction of sp³-hybridized carbons (Fsp3) is 0.448. The Labute approximate surface area is 248 Å². The number of alkyl halides is 6. The quantitative estimate of drug-likeness (QED) is 0.311. The van der Waals surface area contributed by atoms with Crippen molar-refractivity contribution in [3.05, 3.63) is 64.7 Å². The highest BCUT2D eigenvalue weighted by Crippen LogP contribution is 2.44. The van der Waals surface area contributed by atoms with Crippen LogP contribution in [0.25, 0.3) is 0 Å². The maximum Gasteiger partial charge on any atom is 0.391 e. The van der Waals surface area contributed by atoms with Crippen LogP contribution in [0, 0.1) is 23.7 Å². The first-order valence-corrected chi connectivity index (χ1v) is 14.0. The highest BCUT2D eigenvalue weighted by Gasteiger charge is 2.47. The van der Waals surface area contributed by atoms with Crippen LogP contribution >= 0.6 is 11.6 Å². The molecule has 2 aromatic rings. The van der Waals surface area contributed by atoms with Gasteiger partial charge in [0.25, 0.3) is 5.91 Å². The van der Waals surface area contributed by atoms with Crippen molar-refractivity contribution in [2.45, 2.75) is 57.0 Å². The monoisotopic (exact) mass is 630 g/mol. The molecule has 0 unspecified atom stereocenters. The SMILES string of the molecule is NC(=O)[C@@H](C1CCC(C(F)(F)F)CC1)[C@@H](CCC(F)(F)F)C(=O)N[C@H]1N=C(c2ccccc2)c2cccc(Cl)c2NC1=O.